The van der Waals surface area contributed by atoms with E-state index < -0.39 is 23.2 Å². The van der Waals surface area contributed by atoms with Crippen molar-refractivity contribution in [1.82, 2.24) is 9.88 Å². The first-order valence-corrected chi connectivity index (χ1v) is 10.1. The summed E-state index contributed by atoms with van der Waals surface area (Å²) in [6.45, 7) is 0.636. The summed E-state index contributed by atoms with van der Waals surface area (Å²) in [7, 11) is 1.17. The summed E-state index contributed by atoms with van der Waals surface area (Å²) in [5, 5.41) is 1.76. The number of allylic oxidation sites excluding steroid dienone is 2. The van der Waals surface area contributed by atoms with Gasteiger partial charge in [0, 0.05) is 17.6 Å². The zero-order valence-corrected chi connectivity index (χ0v) is 16.1. The van der Waals surface area contributed by atoms with E-state index in [1.807, 2.05) is 0 Å². The summed E-state index contributed by atoms with van der Waals surface area (Å²) in [6, 6.07) is 0.838. The molecule has 2 aromatic rings. The summed E-state index contributed by atoms with van der Waals surface area (Å²) >= 11 is 1.06. The second kappa shape index (κ2) is 7.58. The van der Waals surface area contributed by atoms with Crippen LogP contribution in [0.15, 0.2) is 23.2 Å². The normalized spacial score (nSPS) is 19.2. The fourth-order valence-corrected chi connectivity index (χ4v) is 4.77. The molecule has 1 aromatic carbocycles. The van der Waals surface area contributed by atoms with Gasteiger partial charge in [-0.15, -0.1) is 11.3 Å². The first kappa shape index (κ1) is 19.0. The molecule has 1 aromatic heterocycles. The van der Waals surface area contributed by atoms with Gasteiger partial charge in [0.05, 0.1) is 12.7 Å². The number of piperidine rings is 1. The molecule has 2 heterocycles. The Morgan fingerprint density at radius 2 is 2.04 bits per heavy atom. The van der Waals surface area contributed by atoms with Crippen LogP contribution in [0.5, 0.6) is 5.75 Å². The van der Waals surface area contributed by atoms with Crippen LogP contribution < -0.4 is 4.74 Å². The Balaban J connectivity index is 1.67. The third-order valence-corrected chi connectivity index (χ3v) is 6.17. The van der Waals surface area contributed by atoms with Gasteiger partial charge < -0.3 is 9.64 Å². The number of likely N-dealkylation sites (tertiary alicyclic amines) is 1. The van der Waals surface area contributed by atoms with Crippen LogP contribution in [0.25, 0.3) is 10.6 Å². The lowest BCUT2D eigenvalue weighted by Gasteiger charge is -2.37. The van der Waals surface area contributed by atoms with Crippen molar-refractivity contribution in [2.45, 2.75) is 32.1 Å². The van der Waals surface area contributed by atoms with Gasteiger partial charge in [-0.1, -0.05) is 6.08 Å². The van der Waals surface area contributed by atoms with Crippen molar-refractivity contribution in [1.29, 1.82) is 0 Å². The number of amides is 1. The van der Waals surface area contributed by atoms with Gasteiger partial charge in [0.15, 0.2) is 17.4 Å². The number of fused-ring (bicyclic) bond motifs is 1. The number of hydrogen-bond donors (Lipinski definition) is 0. The van der Waals surface area contributed by atoms with E-state index in [-0.39, 0.29) is 22.2 Å². The third kappa shape index (κ3) is 3.19. The number of halogens is 3. The molecule has 0 saturated carbocycles. The summed E-state index contributed by atoms with van der Waals surface area (Å²) in [5.74, 6) is -4.58. The van der Waals surface area contributed by atoms with E-state index in [1.54, 1.807) is 10.3 Å². The summed E-state index contributed by atoms with van der Waals surface area (Å²) in [4.78, 5) is 19.1. The van der Waals surface area contributed by atoms with E-state index in [1.165, 1.54) is 7.11 Å². The minimum atomic E-state index is -1.60. The fourth-order valence-electron chi connectivity index (χ4n) is 3.97. The predicted octanol–water partition coefficient (Wildman–Crippen LogP) is 5.16. The van der Waals surface area contributed by atoms with Gasteiger partial charge in [-0.3, -0.25) is 4.79 Å². The maximum Gasteiger partial charge on any atom is 0.277 e. The minimum absolute atomic E-state index is 0.0173. The molecular weight excluding hydrogens is 389 g/mol. The molecule has 1 fully saturated rings. The number of carbonyl (C=O) groups is 1. The molecule has 1 atom stereocenters. The SMILES string of the molecule is COc1c(-c2nc(C(=O)N3CCCC4CCCC=C43)cs2)cc(F)c(F)c1F. The van der Waals surface area contributed by atoms with Gasteiger partial charge in [-0.2, -0.15) is 4.39 Å². The van der Waals surface area contributed by atoms with E-state index in [0.29, 0.717) is 12.5 Å². The van der Waals surface area contributed by atoms with E-state index >= 15 is 0 Å². The van der Waals surface area contributed by atoms with Crippen molar-refractivity contribution < 1.29 is 22.7 Å². The van der Waals surface area contributed by atoms with Crippen molar-refractivity contribution in [2.24, 2.45) is 5.92 Å². The minimum Gasteiger partial charge on any atom is -0.493 e. The molecule has 1 aliphatic heterocycles. The summed E-state index contributed by atoms with van der Waals surface area (Å²) in [5.41, 5.74) is 1.25. The topological polar surface area (TPSA) is 42.4 Å². The molecule has 0 N–H and O–H groups in total. The Labute approximate surface area is 164 Å². The molecule has 28 heavy (non-hydrogen) atoms. The number of benzene rings is 1. The second-order valence-electron chi connectivity index (χ2n) is 6.96. The number of carbonyl (C=O) groups excluding carboxylic acids is 1. The van der Waals surface area contributed by atoms with Crippen LogP contribution in [0, 0.1) is 23.4 Å². The quantitative estimate of drug-likeness (QED) is 0.659. The molecule has 4 rings (SSSR count). The molecule has 1 amide bonds. The molecule has 2 aliphatic rings. The lowest BCUT2D eigenvalue weighted by molar-refractivity contribution is 0.0744. The molecule has 1 unspecified atom stereocenters. The predicted molar refractivity (Wildman–Crippen MR) is 99.7 cm³/mol. The molecule has 1 aliphatic carbocycles. The number of ether oxygens (including phenoxy) is 1. The fraction of sp³-hybridized carbons (Fsp3) is 0.400. The number of rotatable bonds is 3. The van der Waals surface area contributed by atoms with E-state index in [2.05, 4.69) is 11.1 Å². The van der Waals surface area contributed by atoms with Crippen molar-refractivity contribution in [3.05, 3.63) is 46.4 Å². The zero-order chi connectivity index (χ0) is 19.8. The van der Waals surface area contributed by atoms with Crippen LogP contribution in [-0.4, -0.2) is 29.4 Å². The van der Waals surface area contributed by atoms with Crippen molar-refractivity contribution in [2.75, 3.05) is 13.7 Å². The van der Waals surface area contributed by atoms with Gasteiger partial charge in [-0.25, -0.2) is 13.8 Å². The van der Waals surface area contributed by atoms with Crippen molar-refractivity contribution >= 4 is 17.2 Å². The Hall–Kier alpha value is -2.35. The first-order chi connectivity index (χ1) is 13.5. The van der Waals surface area contributed by atoms with Gasteiger partial charge in [0.25, 0.3) is 5.91 Å². The molecule has 0 bridgehead atoms. The van der Waals surface area contributed by atoms with Crippen molar-refractivity contribution in [3.8, 4) is 16.3 Å². The maximum absolute atomic E-state index is 14.0. The van der Waals surface area contributed by atoms with E-state index in [4.69, 9.17) is 4.74 Å². The van der Waals surface area contributed by atoms with E-state index in [9.17, 15) is 18.0 Å². The highest BCUT2D eigenvalue weighted by Crippen LogP contribution is 2.38. The summed E-state index contributed by atoms with van der Waals surface area (Å²) < 4.78 is 46.1. The lowest BCUT2D eigenvalue weighted by atomic mass is 9.85. The van der Waals surface area contributed by atoms with Gasteiger partial charge in [0.2, 0.25) is 5.82 Å². The largest absolute Gasteiger partial charge is 0.493 e. The number of methoxy groups -OCH3 is 1. The standard InChI is InChI=1S/C20H19F3N2O2S/c1-27-18-12(9-13(21)16(22)17(18)23)19-24-14(10-28-19)20(26)25-8-4-6-11-5-2-3-7-15(11)25/h7,9-11H,2-6,8H2,1H3. The van der Waals surface area contributed by atoms with Crippen molar-refractivity contribution in [3.63, 3.8) is 0 Å². The molecular formula is C20H19F3N2O2S. The highest BCUT2D eigenvalue weighted by molar-refractivity contribution is 7.13. The Kier molecular flexibility index (Phi) is 5.14. The molecule has 148 valence electrons. The van der Waals surface area contributed by atoms with Gasteiger partial charge >= 0.3 is 0 Å². The Bertz CT molecular complexity index is 957. The van der Waals surface area contributed by atoms with Crippen LogP contribution in [0.3, 0.4) is 0 Å². The average molecular weight is 408 g/mol. The molecule has 0 radical (unpaired) electrons. The summed E-state index contributed by atoms with van der Waals surface area (Å²) in [6.07, 6.45) is 7.34. The average Bonchev–Trinajstić information content (AvgIpc) is 3.21. The van der Waals surface area contributed by atoms with Crippen LogP contribution in [-0.2, 0) is 0 Å². The lowest BCUT2D eigenvalue weighted by Crippen LogP contribution is -2.39. The molecule has 8 heteroatoms. The van der Waals surface area contributed by atoms with Crippen LogP contribution in [0.2, 0.25) is 0 Å². The first-order valence-electron chi connectivity index (χ1n) is 9.20. The smallest absolute Gasteiger partial charge is 0.277 e. The second-order valence-corrected chi connectivity index (χ2v) is 7.82. The van der Waals surface area contributed by atoms with Gasteiger partial charge in [0.1, 0.15) is 10.7 Å². The number of hydrogen-bond acceptors (Lipinski definition) is 4. The van der Waals surface area contributed by atoms with Gasteiger partial charge in [-0.05, 0) is 44.1 Å². The zero-order valence-electron chi connectivity index (χ0n) is 15.3. The Morgan fingerprint density at radius 3 is 2.82 bits per heavy atom. The monoisotopic (exact) mass is 408 g/mol. The molecule has 1 saturated heterocycles. The number of nitrogens with zero attached hydrogens (tertiary/aromatic N) is 2. The highest BCUT2D eigenvalue weighted by Gasteiger charge is 2.32. The maximum atomic E-state index is 14.0. The van der Waals surface area contributed by atoms with Crippen LogP contribution in [0.1, 0.15) is 42.6 Å². The number of aromatic nitrogens is 1. The number of thiazole rings is 1. The Morgan fingerprint density at radius 1 is 1.25 bits per heavy atom. The third-order valence-electron chi connectivity index (χ3n) is 5.29. The molecule has 4 nitrogen and oxygen atoms in total. The molecule has 0 spiro atoms. The highest BCUT2D eigenvalue weighted by atomic mass is 32.1. The van der Waals surface area contributed by atoms with Crippen LogP contribution >= 0.6 is 11.3 Å². The van der Waals surface area contributed by atoms with Crippen LogP contribution in [0.4, 0.5) is 13.2 Å². The van der Waals surface area contributed by atoms with E-state index in [0.717, 1.165) is 55.2 Å².